The highest BCUT2D eigenvalue weighted by atomic mass is 32.1. The van der Waals surface area contributed by atoms with E-state index in [4.69, 9.17) is 0 Å². The molecular weight excluding hydrogens is 254 g/mol. The van der Waals surface area contributed by atoms with Crippen LogP contribution in [0.3, 0.4) is 0 Å². The maximum atomic E-state index is 4.65. The number of anilines is 1. The smallest absolute Gasteiger partial charge is 0.186 e. The minimum absolute atomic E-state index is 0.164. The van der Waals surface area contributed by atoms with E-state index in [1.54, 1.807) is 0 Å². The van der Waals surface area contributed by atoms with E-state index in [1.165, 1.54) is 29.3 Å². The largest absolute Gasteiger partial charge is 0.342 e. The van der Waals surface area contributed by atoms with Gasteiger partial charge in [0.1, 0.15) is 0 Å². The summed E-state index contributed by atoms with van der Waals surface area (Å²) in [5, 5.41) is 4.74. The highest BCUT2D eigenvalue weighted by Gasteiger charge is 2.31. The molecule has 0 radical (unpaired) electrons. The Kier molecular flexibility index (Phi) is 4.51. The second-order valence-corrected chi connectivity index (χ2v) is 7.70. The van der Waals surface area contributed by atoms with E-state index in [-0.39, 0.29) is 5.54 Å². The topological polar surface area (TPSA) is 28.2 Å². The summed E-state index contributed by atoms with van der Waals surface area (Å²) in [6.07, 6.45) is 5.87. The van der Waals surface area contributed by atoms with Crippen molar-refractivity contribution in [1.29, 1.82) is 0 Å². The predicted molar refractivity (Wildman–Crippen MR) is 84.0 cm³/mol. The highest BCUT2D eigenvalue weighted by Crippen LogP contribution is 2.34. The second kappa shape index (κ2) is 5.80. The summed E-state index contributed by atoms with van der Waals surface area (Å²) in [5.41, 5.74) is 0.164. The standard InChI is InChI=1S/C15H27N3S/c1-6-12-8-7-11(2)18(12)14-16-9-13(19-14)10-17-15(3,4)5/h9,11-12,17H,6-8,10H2,1-5H3. The molecule has 3 nitrogen and oxygen atoms in total. The molecule has 0 amide bonds. The first-order valence-electron chi connectivity index (χ1n) is 7.39. The number of thiazole rings is 1. The fourth-order valence-corrected chi connectivity index (χ4v) is 3.69. The van der Waals surface area contributed by atoms with Crippen LogP contribution >= 0.6 is 11.3 Å². The van der Waals surface area contributed by atoms with E-state index in [2.05, 4.69) is 49.8 Å². The zero-order valence-electron chi connectivity index (χ0n) is 12.9. The Morgan fingerprint density at radius 2 is 2.16 bits per heavy atom. The van der Waals surface area contributed by atoms with E-state index in [0.29, 0.717) is 12.1 Å². The van der Waals surface area contributed by atoms with Gasteiger partial charge in [-0.2, -0.15) is 0 Å². The number of nitrogens with one attached hydrogen (secondary N) is 1. The molecule has 1 aliphatic rings. The Hall–Kier alpha value is -0.610. The molecule has 1 aromatic heterocycles. The van der Waals surface area contributed by atoms with Crippen LogP contribution in [0.4, 0.5) is 5.13 Å². The highest BCUT2D eigenvalue weighted by molar-refractivity contribution is 7.15. The molecule has 19 heavy (non-hydrogen) atoms. The van der Waals surface area contributed by atoms with Gasteiger partial charge in [-0.1, -0.05) is 6.92 Å². The summed E-state index contributed by atoms with van der Waals surface area (Å²) in [5.74, 6) is 0. The predicted octanol–water partition coefficient (Wildman–Crippen LogP) is 3.80. The summed E-state index contributed by atoms with van der Waals surface area (Å²) >= 11 is 1.85. The molecule has 2 rings (SSSR count). The van der Waals surface area contributed by atoms with Crippen molar-refractivity contribution < 1.29 is 0 Å². The lowest BCUT2D eigenvalue weighted by molar-refractivity contribution is 0.426. The quantitative estimate of drug-likeness (QED) is 0.910. The third-order valence-corrected chi connectivity index (χ3v) is 4.82. The molecule has 1 fully saturated rings. The van der Waals surface area contributed by atoms with Gasteiger partial charge < -0.3 is 10.2 Å². The van der Waals surface area contributed by atoms with Crippen molar-refractivity contribution in [1.82, 2.24) is 10.3 Å². The lowest BCUT2D eigenvalue weighted by atomic mass is 10.1. The van der Waals surface area contributed by atoms with Gasteiger partial charge in [0.15, 0.2) is 5.13 Å². The molecule has 1 aliphatic heterocycles. The molecule has 0 aliphatic carbocycles. The fourth-order valence-electron chi connectivity index (χ4n) is 2.67. The Balaban J connectivity index is 2.04. The van der Waals surface area contributed by atoms with Crippen LogP contribution < -0.4 is 10.2 Å². The average molecular weight is 281 g/mol. The van der Waals surface area contributed by atoms with Crippen LogP contribution in [0.15, 0.2) is 6.20 Å². The van der Waals surface area contributed by atoms with Gasteiger partial charge in [0.25, 0.3) is 0 Å². The van der Waals surface area contributed by atoms with E-state index in [9.17, 15) is 0 Å². The van der Waals surface area contributed by atoms with Crippen molar-refractivity contribution in [3.63, 3.8) is 0 Å². The Morgan fingerprint density at radius 1 is 1.42 bits per heavy atom. The molecule has 2 unspecified atom stereocenters. The van der Waals surface area contributed by atoms with E-state index >= 15 is 0 Å². The third-order valence-electron chi connectivity index (χ3n) is 3.81. The molecular formula is C15H27N3S. The normalized spacial score (nSPS) is 24.2. The van der Waals surface area contributed by atoms with Crippen molar-refractivity contribution in [2.45, 2.75) is 78.0 Å². The zero-order valence-corrected chi connectivity index (χ0v) is 13.7. The van der Waals surface area contributed by atoms with Gasteiger partial charge in [0.2, 0.25) is 0 Å². The number of hydrogen-bond acceptors (Lipinski definition) is 4. The maximum Gasteiger partial charge on any atom is 0.186 e. The van der Waals surface area contributed by atoms with Crippen LogP contribution in [-0.2, 0) is 6.54 Å². The van der Waals surface area contributed by atoms with E-state index in [1.807, 2.05) is 17.5 Å². The molecule has 2 heterocycles. The number of aromatic nitrogens is 1. The summed E-state index contributed by atoms with van der Waals surface area (Å²) < 4.78 is 0. The van der Waals surface area contributed by atoms with Crippen molar-refractivity contribution in [2.24, 2.45) is 0 Å². The van der Waals surface area contributed by atoms with Gasteiger partial charge in [-0.05, 0) is 47.0 Å². The minimum atomic E-state index is 0.164. The molecule has 1 N–H and O–H groups in total. The molecule has 0 aromatic carbocycles. The molecule has 4 heteroatoms. The van der Waals surface area contributed by atoms with Gasteiger partial charge in [0.05, 0.1) is 0 Å². The van der Waals surface area contributed by atoms with Gasteiger partial charge in [-0.25, -0.2) is 4.98 Å². The first kappa shape index (κ1) is 14.8. The Morgan fingerprint density at radius 3 is 2.79 bits per heavy atom. The molecule has 1 aromatic rings. The van der Waals surface area contributed by atoms with Crippen LogP contribution in [-0.4, -0.2) is 22.6 Å². The first-order valence-corrected chi connectivity index (χ1v) is 8.20. The van der Waals surface area contributed by atoms with E-state index in [0.717, 1.165) is 6.54 Å². The third kappa shape index (κ3) is 3.69. The Bertz CT molecular complexity index is 408. The summed E-state index contributed by atoms with van der Waals surface area (Å²) in [6, 6.07) is 1.32. The second-order valence-electron chi connectivity index (χ2n) is 6.61. The lowest BCUT2D eigenvalue weighted by Crippen LogP contribution is -2.34. The summed E-state index contributed by atoms with van der Waals surface area (Å²) in [4.78, 5) is 8.52. The molecule has 108 valence electrons. The van der Waals surface area contributed by atoms with Crippen LogP contribution in [0.1, 0.15) is 58.8 Å². The monoisotopic (exact) mass is 281 g/mol. The Labute approximate surface area is 121 Å². The minimum Gasteiger partial charge on any atom is -0.342 e. The van der Waals surface area contributed by atoms with Crippen molar-refractivity contribution >= 4 is 16.5 Å². The molecule has 0 spiro atoms. The number of hydrogen-bond donors (Lipinski definition) is 1. The molecule has 2 atom stereocenters. The first-order chi connectivity index (χ1) is 8.90. The lowest BCUT2D eigenvalue weighted by Gasteiger charge is -2.27. The summed E-state index contributed by atoms with van der Waals surface area (Å²) in [7, 11) is 0. The number of rotatable bonds is 4. The van der Waals surface area contributed by atoms with Crippen LogP contribution in [0.25, 0.3) is 0 Å². The molecule has 0 saturated carbocycles. The SMILES string of the molecule is CCC1CCC(C)N1c1ncc(CNC(C)(C)C)s1. The van der Waals surface area contributed by atoms with Crippen molar-refractivity contribution in [3.8, 4) is 0 Å². The molecule has 1 saturated heterocycles. The van der Waals surface area contributed by atoms with Crippen LogP contribution in [0.2, 0.25) is 0 Å². The van der Waals surface area contributed by atoms with Gasteiger partial charge in [-0.15, -0.1) is 11.3 Å². The van der Waals surface area contributed by atoms with Crippen LogP contribution in [0, 0.1) is 0 Å². The van der Waals surface area contributed by atoms with Gasteiger partial charge in [0, 0.05) is 35.2 Å². The van der Waals surface area contributed by atoms with Gasteiger partial charge >= 0.3 is 0 Å². The van der Waals surface area contributed by atoms with Crippen LogP contribution in [0.5, 0.6) is 0 Å². The fraction of sp³-hybridized carbons (Fsp3) is 0.800. The zero-order chi connectivity index (χ0) is 14.0. The van der Waals surface area contributed by atoms with Gasteiger partial charge in [-0.3, -0.25) is 0 Å². The molecule has 0 bridgehead atoms. The summed E-state index contributed by atoms with van der Waals surface area (Å²) in [6.45, 7) is 12.1. The number of nitrogens with zero attached hydrogens (tertiary/aromatic N) is 2. The van der Waals surface area contributed by atoms with Crippen molar-refractivity contribution in [2.75, 3.05) is 4.90 Å². The van der Waals surface area contributed by atoms with Crippen molar-refractivity contribution in [3.05, 3.63) is 11.1 Å². The van der Waals surface area contributed by atoms with E-state index < -0.39 is 0 Å². The average Bonchev–Trinajstić information content (AvgIpc) is 2.91. The maximum absolute atomic E-state index is 4.65.